The number of aryl methyl sites for hydroxylation is 1. The molecule has 3 heteroatoms. The average Bonchev–Trinajstić information content (AvgIpc) is 2.84. The Morgan fingerprint density at radius 3 is 2.12 bits per heavy atom. The smallest absolute Gasteiger partial charge is 0.253 e. The molecule has 0 fully saturated rings. The first-order valence-corrected chi connectivity index (χ1v) is 11.6. The molecule has 0 spiro atoms. The summed E-state index contributed by atoms with van der Waals surface area (Å²) in [5, 5.41) is 2.42. The lowest BCUT2D eigenvalue weighted by molar-refractivity contribution is 0.0785. The molecule has 0 saturated carbocycles. The Morgan fingerprint density at radius 1 is 0.788 bits per heavy atom. The minimum atomic E-state index is 0.0312. The summed E-state index contributed by atoms with van der Waals surface area (Å²) in [5.74, 6) is 0.0312. The second-order valence-corrected chi connectivity index (χ2v) is 8.91. The fraction of sp³-hybridized carbons (Fsp3) is 0.233. The van der Waals surface area contributed by atoms with Gasteiger partial charge in [0.25, 0.3) is 5.91 Å². The molecule has 4 aromatic carbocycles. The molecule has 0 atom stereocenters. The Balaban J connectivity index is 1.49. The molecule has 3 nitrogen and oxygen atoms in total. The number of carbonyl (C=O) groups excluding carboxylic acids is 1. The number of hydrogen-bond donors (Lipinski definition) is 0. The number of amides is 1. The maximum atomic E-state index is 13.1. The fourth-order valence-electron chi connectivity index (χ4n) is 4.16. The lowest BCUT2D eigenvalue weighted by Crippen LogP contribution is -2.26. The fourth-order valence-corrected chi connectivity index (χ4v) is 4.16. The van der Waals surface area contributed by atoms with Gasteiger partial charge in [-0.1, -0.05) is 79.2 Å². The van der Waals surface area contributed by atoms with Crippen molar-refractivity contribution in [1.82, 2.24) is 9.80 Å². The summed E-state index contributed by atoms with van der Waals surface area (Å²) in [4.78, 5) is 17.2. The Labute approximate surface area is 197 Å². The maximum absolute atomic E-state index is 13.1. The van der Waals surface area contributed by atoms with Crippen molar-refractivity contribution in [1.29, 1.82) is 0 Å². The number of nitrogens with zero attached hydrogens (tertiary/aromatic N) is 2. The van der Waals surface area contributed by atoms with Crippen LogP contribution >= 0.6 is 0 Å². The first-order valence-electron chi connectivity index (χ1n) is 11.6. The van der Waals surface area contributed by atoms with Gasteiger partial charge >= 0.3 is 0 Å². The van der Waals surface area contributed by atoms with Crippen molar-refractivity contribution in [3.05, 3.63) is 107 Å². The SMILES string of the molecule is CCN(C)Cc1ccc2c(CN(C)C(=O)c3ccc(-c4ccc(C)cc4)cc3)cccc2c1. The monoisotopic (exact) mass is 436 g/mol. The van der Waals surface area contributed by atoms with E-state index in [1.807, 2.05) is 31.3 Å². The zero-order chi connectivity index (χ0) is 23.4. The van der Waals surface area contributed by atoms with Gasteiger partial charge in [0.05, 0.1) is 0 Å². The summed E-state index contributed by atoms with van der Waals surface area (Å²) in [5.41, 5.74) is 6.70. The molecule has 0 N–H and O–H groups in total. The maximum Gasteiger partial charge on any atom is 0.253 e. The molecular weight excluding hydrogens is 404 g/mol. The quantitative estimate of drug-likeness (QED) is 0.328. The van der Waals surface area contributed by atoms with Crippen LogP contribution in [0.3, 0.4) is 0 Å². The van der Waals surface area contributed by atoms with Crippen molar-refractivity contribution < 1.29 is 4.79 Å². The number of carbonyl (C=O) groups is 1. The third kappa shape index (κ3) is 5.32. The third-order valence-electron chi connectivity index (χ3n) is 6.30. The zero-order valence-corrected chi connectivity index (χ0v) is 20.0. The van der Waals surface area contributed by atoms with E-state index in [0.29, 0.717) is 12.1 Å². The molecule has 4 aromatic rings. The van der Waals surface area contributed by atoms with Crippen molar-refractivity contribution in [2.24, 2.45) is 0 Å². The molecule has 0 heterocycles. The summed E-state index contributed by atoms with van der Waals surface area (Å²) < 4.78 is 0. The summed E-state index contributed by atoms with van der Waals surface area (Å²) in [6.45, 7) is 6.79. The van der Waals surface area contributed by atoms with E-state index in [9.17, 15) is 4.79 Å². The van der Waals surface area contributed by atoms with Crippen LogP contribution in [0.25, 0.3) is 21.9 Å². The molecule has 0 aliphatic heterocycles. The first-order chi connectivity index (χ1) is 15.9. The Kier molecular flexibility index (Phi) is 6.90. The molecule has 0 saturated heterocycles. The average molecular weight is 437 g/mol. The molecule has 168 valence electrons. The van der Waals surface area contributed by atoms with Crippen LogP contribution in [0.4, 0.5) is 0 Å². The van der Waals surface area contributed by atoms with Crippen molar-refractivity contribution in [2.45, 2.75) is 26.9 Å². The van der Waals surface area contributed by atoms with Gasteiger partial charge < -0.3 is 9.80 Å². The Bertz CT molecular complexity index is 1240. The third-order valence-corrected chi connectivity index (χ3v) is 6.30. The van der Waals surface area contributed by atoms with Gasteiger partial charge in [-0.05, 0) is 71.7 Å². The van der Waals surface area contributed by atoms with Crippen LogP contribution in [0.1, 0.15) is 34.0 Å². The minimum absolute atomic E-state index is 0.0312. The predicted octanol–water partition coefficient (Wildman–Crippen LogP) is 6.54. The highest BCUT2D eigenvalue weighted by Crippen LogP contribution is 2.24. The highest BCUT2D eigenvalue weighted by Gasteiger charge is 2.14. The van der Waals surface area contributed by atoms with Gasteiger partial charge in [0.15, 0.2) is 0 Å². The van der Waals surface area contributed by atoms with E-state index in [0.717, 1.165) is 29.8 Å². The number of rotatable bonds is 7. The van der Waals surface area contributed by atoms with E-state index in [1.165, 1.54) is 21.9 Å². The predicted molar refractivity (Wildman–Crippen MR) is 138 cm³/mol. The second kappa shape index (κ2) is 10.0. The van der Waals surface area contributed by atoms with Crippen molar-refractivity contribution >= 4 is 16.7 Å². The van der Waals surface area contributed by atoms with Crippen LogP contribution in [-0.4, -0.2) is 36.3 Å². The van der Waals surface area contributed by atoms with Gasteiger partial charge in [-0.25, -0.2) is 0 Å². The largest absolute Gasteiger partial charge is 0.337 e. The number of hydrogen-bond acceptors (Lipinski definition) is 2. The van der Waals surface area contributed by atoms with Gasteiger partial charge in [-0.3, -0.25) is 4.79 Å². The zero-order valence-electron chi connectivity index (χ0n) is 20.0. The van der Waals surface area contributed by atoms with Gasteiger partial charge in [-0.2, -0.15) is 0 Å². The Morgan fingerprint density at radius 2 is 1.45 bits per heavy atom. The number of fused-ring (bicyclic) bond motifs is 1. The standard InChI is InChI=1S/C30H32N2O/c1-5-31(3)20-23-11-18-29-27(19-23)7-6-8-28(29)21-32(4)30(33)26-16-14-25(15-17-26)24-12-9-22(2)10-13-24/h6-19H,5,20-21H2,1-4H3. The topological polar surface area (TPSA) is 23.6 Å². The van der Waals surface area contributed by atoms with E-state index in [1.54, 1.807) is 4.90 Å². The second-order valence-electron chi connectivity index (χ2n) is 8.91. The van der Waals surface area contributed by atoms with Crippen LogP contribution in [0.2, 0.25) is 0 Å². The van der Waals surface area contributed by atoms with Crippen LogP contribution in [-0.2, 0) is 13.1 Å². The summed E-state index contributed by atoms with van der Waals surface area (Å²) in [6.07, 6.45) is 0. The van der Waals surface area contributed by atoms with Crippen LogP contribution < -0.4 is 0 Å². The normalized spacial score (nSPS) is 11.2. The van der Waals surface area contributed by atoms with E-state index >= 15 is 0 Å². The lowest BCUT2D eigenvalue weighted by Gasteiger charge is -2.19. The van der Waals surface area contributed by atoms with E-state index in [2.05, 4.69) is 86.5 Å². The van der Waals surface area contributed by atoms with Gasteiger partial charge in [0.1, 0.15) is 0 Å². The first kappa shape index (κ1) is 22.8. The molecule has 4 rings (SSSR count). The van der Waals surface area contributed by atoms with E-state index in [4.69, 9.17) is 0 Å². The Hall–Kier alpha value is -3.43. The molecular formula is C30H32N2O. The van der Waals surface area contributed by atoms with E-state index in [-0.39, 0.29) is 5.91 Å². The van der Waals surface area contributed by atoms with Crippen LogP contribution in [0.5, 0.6) is 0 Å². The van der Waals surface area contributed by atoms with Crippen molar-refractivity contribution in [3.8, 4) is 11.1 Å². The molecule has 0 unspecified atom stereocenters. The summed E-state index contributed by atoms with van der Waals surface area (Å²) >= 11 is 0. The highest BCUT2D eigenvalue weighted by molar-refractivity contribution is 5.95. The molecule has 0 aromatic heterocycles. The molecule has 1 amide bonds. The van der Waals surface area contributed by atoms with Gasteiger partial charge in [0, 0.05) is 25.7 Å². The molecule has 0 aliphatic carbocycles. The van der Waals surface area contributed by atoms with E-state index < -0.39 is 0 Å². The van der Waals surface area contributed by atoms with Crippen LogP contribution in [0.15, 0.2) is 84.9 Å². The van der Waals surface area contributed by atoms with Gasteiger partial charge in [0.2, 0.25) is 0 Å². The summed E-state index contributed by atoms with van der Waals surface area (Å²) in [7, 11) is 4.01. The lowest BCUT2D eigenvalue weighted by atomic mass is 10.0. The van der Waals surface area contributed by atoms with Crippen molar-refractivity contribution in [3.63, 3.8) is 0 Å². The molecule has 0 aliphatic rings. The number of benzene rings is 4. The summed E-state index contributed by atoms with van der Waals surface area (Å²) in [6, 6.07) is 29.4. The highest BCUT2D eigenvalue weighted by atomic mass is 16.2. The minimum Gasteiger partial charge on any atom is -0.337 e. The van der Waals surface area contributed by atoms with Gasteiger partial charge in [-0.15, -0.1) is 0 Å². The van der Waals surface area contributed by atoms with Crippen molar-refractivity contribution in [2.75, 3.05) is 20.6 Å². The molecule has 0 bridgehead atoms. The van der Waals surface area contributed by atoms with Crippen LogP contribution in [0, 0.1) is 6.92 Å². The molecule has 33 heavy (non-hydrogen) atoms. The molecule has 0 radical (unpaired) electrons.